The summed E-state index contributed by atoms with van der Waals surface area (Å²) in [7, 11) is 1.28. The van der Waals surface area contributed by atoms with Gasteiger partial charge in [0.05, 0.1) is 58.2 Å². The molecule has 0 amide bonds. The number of rotatable bonds is 15. The second kappa shape index (κ2) is 24.5. The van der Waals surface area contributed by atoms with Gasteiger partial charge in [0.15, 0.2) is 12.6 Å². The Morgan fingerprint density at radius 1 is 1.00 bits per heavy atom. The molecule has 412 valence electrons. The van der Waals surface area contributed by atoms with Gasteiger partial charge in [-0.2, -0.15) is 0 Å². The van der Waals surface area contributed by atoms with Crippen molar-refractivity contribution in [3.63, 3.8) is 0 Å². The summed E-state index contributed by atoms with van der Waals surface area (Å²) in [5.74, 6) is -2.92. The highest BCUT2D eigenvalue weighted by atomic mass is 32.2. The van der Waals surface area contributed by atoms with Gasteiger partial charge in [-0.05, 0) is 112 Å². The van der Waals surface area contributed by atoms with Gasteiger partial charge in [0.2, 0.25) is 10.0 Å². The summed E-state index contributed by atoms with van der Waals surface area (Å²) in [4.78, 5) is 18.3. The first kappa shape index (κ1) is 60.1. The van der Waals surface area contributed by atoms with Crippen LogP contribution < -0.4 is 5.14 Å². The van der Waals surface area contributed by atoms with Crippen molar-refractivity contribution < 1.29 is 71.6 Å². The molecule has 5 rings (SSSR count). The van der Waals surface area contributed by atoms with E-state index in [9.17, 15) is 43.1 Å². The highest BCUT2D eigenvalue weighted by molar-refractivity contribution is 7.89. The molecule has 2 aromatic rings. The molecule has 19 atom stereocenters. The third-order valence-corrected chi connectivity index (χ3v) is 16.6. The van der Waals surface area contributed by atoms with E-state index in [1.165, 1.54) is 30.8 Å². The van der Waals surface area contributed by atoms with Gasteiger partial charge >= 0.3 is 5.97 Å². The largest absolute Gasteiger partial charge is 0.459 e. The van der Waals surface area contributed by atoms with Gasteiger partial charge < -0.3 is 63.8 Å². The summed E-state index contributed by atoms with van der Waals surface area (Å²) in [5.41, 5.74) is -3.35. The summed E-state index contributed by atoms with van der Waals surface area (Å²) in [6.45, 7) is 17.3. The van der Waals surface area contributed by atoms with Crippen LogP contribution in [0.25, 0.3) is 0 Å². The van der Waals surface area contributed by atoms with Crippen LogP contribution in [0.15, 0.2) is 35.4 Å². The Bertz CT molecular complexity index is 2160. The second-order valence-electron chi connectivity index (χ2n) is 21.8. The second-order valence-corrected chi connectivity index (χ2v) is 23.4. The lowest BCUT2D eigenvalue weighted by Crippen LogP contribution is -2.61. The highest BCUT2D eigenvalue weighted by Crippen LogP contribution is 2.40. The van der Waals surface area contributed by atoms with E-state index in [-0.39, 0.29) is 36.5 Å². The number of sulfonamides is 1. The predicted molar refractivity (Wildman–Crippen MR) is 263 cm³/mol. The molecule has 0 spiro atoms. The lowest BCUT2D eigenvalue weighted by molar-refractivity contribution is -0.318. The first-order chi connectivity index (χ1) is 33.5. The first-order valence-electron chi connectivity index (χ1n) is 25.3. The number of carbonyl (C=O) groups is 1. The molecule has 3 aliphatic heterocycles. The van der Waals surface area contributed by atoms with E-state index < -0.39 is 131 Å². The van der Waals surface area contributed by atoms with E-state index in [1.54, 1.807) is 66.8 Å². The van der Waals surface area contributed by atoms with E-state index in [0.29, 0.717) is 37.2 Å². The first-order valence-corrected chi connectivity index (χ1v) is 26.9. The average Bonchev–Trinajstić information content (AvgIpc) is 3.79. The lowest BCUT2D eigenvalue weighted by atomic mass is 9.77. The zero-order valence-electron chi connectivity index (χ0n) is 44.5. The number of hydrogen-bond acceptors (Lipinski definition) is 18. The van der Waals surface area contributed by atoms with Crippen LogP contribution in [-0.2, 0) is 56.1 Å². The fourth-order valence-corrected chi connectivity index (χ4v) is 11.5. The number of alkyl halides is 1. The SMILES string of the molecule is CC[C@H]1OC(=O)[C@H](C)[C@@H](O[C@H]2C[C@@](C)(OC)[C@@H](O)[C@H](C)O2)[C@H](C)[C@@H](O[C@@H]2O[C@H](C)C[C@H](N(C)CCc3cn([C@H](CF)Cc4ccc(S(N)(=O)=O)cc4)nn3)[C@H]2O)[C@](C)(O)C[C@@H](C)CN(C)[C@H](C)[C@@H](O)[C@]1(C)O. The standard InChI is InChI=1S/C50H85FN6O14S/c1-14-39-50(10,63)43(59)32(6)56(12)26-28(2)23-48(8,62)45(30(4)42(31(5)46(61)69-39)70-40-24-49(9,66-13)44(60)33(7)68-40)71-47-41(58)38(21-29(3)67-47)55(11)20-19-35-27-57(54-53-35)36(25-51)22-34-15-17-37(18-16-34)72(52,64)65/h15-18,27-33,36,38-45,47,58-60,62-63H,14,19-26H2,1-13H3,(H2,52,64,65)/t28-,29-,30+,31-,32-,33+,36+,38+,39-,40+,41-,42+,43-,44+,45-,47+,48-,49-,50-/m1/s1. The third kappa shape index (κ3) is 14.2. The summed E-state index contributed by atoms with van der Waals surface area (Å²) < 4.78 is 77.4. The van der Waals surface area contributed by atoms with Crippen molar-refractivity contribution in [2.45, 2.75) is 209 Å². The number of hydrogen-bond donors (Lipinski definition) is 6. The Morgan fingerprint density at radius 2 is 1.65 bits per heavy atom. The molecular formula is C50H85FN6O14S. The van der Waals surface area contributed by atoms with Crippen LogP contribution in [0.2, 0.25) is 0 Å². The molecule has 0 aliphatic carbocycles. The maximum absolute atomic E-state index is 14.5. The van der Waals surface area contributed by atoms with E-state index in [4.69, 9.17) is 33.6 Å². The summed E-state index contributed by atoms with van der Waals surface area (Å²) in [5, 5.41) is 73.4. The van der Waals surface area contributed by atoms with Crippen molar-refractivity contribution in [1.82, 2.24) is 24.8 Å². The van der Waals surface area contributed by atoms with Crippen molar-refractivity contribution >= 4 is 16.0 Å². The molecule has 1 aromatic heterocycles. The lowest BCUT2D eigenvalue weighted by Gasteiger charge is -2.49. The molecular weight excluding hydrogens is 960 g/mol. The Balaban J connectivity index is 1.43. The molecule has 3 fully saturated rings. The summed E-state index contributed by atoms with van der Waals surface area (Å²) >= 11 is 0. The molecule has 0 radical (unpaired) electrons. The molecule has 1 aromatic carbocycles. The number of aliphatic hydroxyl groups excluding tert-OH is 3. The van der Waals surface area contributed by atoms with E-state index in [1.807, 2.05) is 37.7 Å². The number of nitrogens with two attached hydrogens (primary N) is 1. The maximum Gasteiger partial charge on any atom is 0.311 e. The number of likely N-dealkylation sites (N-methyl/N-ethyl adjacent to an activating group) is 2. The molecule has 22 heteroatoms. The Kier molecular flexibility index (Phi) is 20.4. The molecule has 0 unspecified atom stereocenters. The number of carbonyl (C=O) groups excluding carboxylic acids is 1. The smallest absolute Gasteiger partial charge is 0.311 e. The molecule has 0 saturated carbocycles. The fraction of sp³-hybridized carbons (Fsp3) is 0.820. The molecule has 4 heterocycles. The van der Waals surface area contributed by atoms with Gasteiger partial charge in [-0.25, -0.2) is 22.6 Å². The van der Waals surface area contributed by atoms with Gasteiger partial charge in [0.25, 0.3) is 0 Å². The number of ether oxygens (including phenoxy) is 6. The number of methoxy groups -OCH3 is 1. The van der Waals surface area contributed by atoms with Crippen LogP contribution in [0, 0.1) is 17.8 Å². The number of cyclic esters (lactones) is 1. The van der Waals surface area contributed by atoms with Gasteiger partial charge in [0.1, 0.15) is 36.7 Å². The average molecular weight is 1050 g/mol. The predicted octanol–water partition coefficient (Wildman–Crippen LogP) is 2.51. The third-order valence-electron chi connectivity index (χ3n) is 15.7. The number of primary sulfonamides is 1. The molecule has 3 aliphatic rings. The minimum absolute atomic E-state index is 0.0429. The van der Waals surface area contributed by atoms with Crippen molar-refractivity contribution in [2.24, 2.45) is 22.9 Å². The number of halogens is 1. The number of aliphatic hydroxyl groups is 5. The van der Waals surface area contributed by atoms with Crippen molar-refractivity contribution in [2.75, 3.05) is 41.0 Å². The minimum Gasteiger partial charge on any atom is -0.459 e. The van der Waals surface area contributed by atoms with Crippen LogP contribution in [-0.4, -0.2) is 196 Å². The van der Waals surface area contributed by atoms with Crippen LogP contribution in [0.5, 0.6) is 0 Å². The van der Waals surface area contributed by atoms with Crippen LogP contribution in [0.4, 0.5) is 4.39 Å². The monoisotopic (exact) mass is 1040 g/mol. The van der Waals surface area contributed by atoms with Crippen LogP contribution in [0.3, 0.4) is 0 Å². The zero-order chi connectivity index (χ0) is 53.8. The molecule has 20 nitrogen and oxygen atoms in total. The Labute approximate surface area is 425 Å². The number of nitrogens with zero attached hydrogens (tertiary/aromatic N) is 5. The van der Waals surface area contributed by atoms with Crippen molar-refractivity contribution in [3.05, 3.63) is 41.7 Å². The molecule has 0 bridgehead atoms. The summed E-state index contributed by atoms with van der Waals surface area (Å²) in [6, 6.07) is 4.11. The molecule has 7 N–H and O–H groups in total. The van der Waals surface area contributed by atoms with Crippen molar-refractivity contribution in [1.29, 1.82) is 0 Å². The van der Waals surface area contributed by atoms with E-state index in [0.717, 1.165) is 0 Å². The van der Waals surface area contributed by atoms with Crippen molar-refractivity contribution in [3.8, 4) is 0 Å². The van der Waals surface area contributed by atoms with Gasteiger partial charge in [-0.15, -0.1) is 5.10 Å². The number of esters is 1. The maximum atomic E-state index is 14.5. The Hall–Kier alpha value is -2.81. The van der Waals surface area contributed by atoms with Crippen LogP contribution in [0.1, 0.15) is 112 Å². The normalized spacial score (nSPS) is 39.8. The van der Waals surface area contributed by atoms with E-state index >= 15 is 0 Å². The van der Waals surface area contributed by atoms with Crippen LogP contribution >= 0.6 is 0 Å². The number of benzene rings is 1. The van der Waals surface area contributed by atoms with Gasteiger partial charge in [-0.3, -0.25) is 4.79 Å². The number of aromatic nitrogens is 3. The quantitative estimate of drug-likeness (QED) is 0.140. The summed E-state index contributed by atoms with van der Waals surface area (Å²) in [6.07, 6.45) is -7.34. The Morgan fingerprint density at radius 3 is 2.25 bits per heavy atom. The highest BCUT2D eigenvalue weighted by Gasteiger charge is 2.53. The van der Waals surface area contributed by atoms with Gasteiger partial charge in [-0.1, -0.05) is 38.1 Å². The van der Waals surface area contributed by atoms with E-state index in [2.05, 4.69) is 10.3 Å². The molecule has 3 saturated heterocycles. The fourth-order valence-electron chi connectivity index (χ4n) is 11.0. The minimum atomic E-state index is -3.88. The topological polar surface area (TPSA) is 271 Å². The molecule has 72 heavy (non-hydrogen) atoms. The zero-order valence-corrected chi connectivity index (χ0v) is 45.3. The van der Waals surface area contributed by atoms with Gasteiger partial charge in [0, 0.05) is 57.2 Å².